The predicted octanol–water partition coefficient (Wildman–Crippen LogP) is -13.7. The Bertz CT molecular complexity index is 2530. The summed E-state index contributed by atoms with van der Waals surface area (Å²) < 4.78 is 57.8. The number of nitrogens with one attached hydrogen (secondary N) is 3. The van der Waals surface area contributed by atoms with Gasteiger partial charge in [-0.25, -0.2) is 0 Å². The molecular weight excluding hydrogens is 1390 g/mol. The van der Waals surface area contributed by atoms with Gasteiger partial charge in [0.15, 0.2) is 25.2 Å². The fourth-order valence-corrected chi connectivity index (χ4v) is 13.9. The lowest BCUT2D eigenvalue weighted by Crippen LogP contribution is -2.68. The second kappa shape index (κ2) is 39.4. The number of ether oxygens (including phenoxy) is 10. The lowest BCUT2D eigenvalue weighted by atomic mass is 9.83. The molecule has 40 heteroatoms. The molecule has 40 atom stereocenters. The number of hydrogen-bond acceptors (Lipinski definition) is 40. The van der Waals surface area contributed by atoms with E-state index in [0.717, 1.165) is 0 Å². The first-order valence-electron chi connectivity index (χ1n) is 36.3. The highest BCUT2D eigenvalue weighted by atomic mass is 16.7. The van der Waals surface area contributed by atoms with Gasteiger partial charge < -0.3 is 209 Å². The lowest BCUT2D eigenvalue weighted by Gasteiger charge is -2.48. The van der Waals surface area contributed by atoms with E-state index >= 15 is 0 Å². The molecule has 8 rings (SSSR count). The molecule has 0 spiro atoms. The van der Waals surface area contributed by atoms with Crippen LogP contribution in [0.5, 0.6) is 0 Å². The molecule has 0 radical (unpaired) electrons. The summed E-state index contributed by atoms with van der Waals surface area (Å²) in [4.78, 5) is 0. The van der Waals surface area contributed by atoms with Gasteiger partial charge in [0.25, 0.3) is 0 Å². The summed E-state index contributed by atoms with van der Waals surface area (Å²) in [6.07, 6.45) is -27.9. The molecule has 40 nitrogen and oxygen atoms in total. The SMILES string of the molecule is CC(C)(C)NCC1OC(OC2C(N)CC(N)C(O)C2O)C(N)C(O)C1O.CC(C)(C)OC1C(N)CC(N)C(OC2OC(CN)C(O)C(O)C2N)C1O.CC(C)(C)OC1C(O)C(N)CC(N)C1OC1OC(CN)C(O)C(O)C1N.CNCC1OC(OC2C(N)CC(NC(C)(C)C)C(O)C2O)C(N)C(O)C1O. The summed E-state index contributed by atoms with van der Waals surface area (Å²) in [7, 11) is 1.69. The van der Waals surface area contributed by atoms with Crippen LogP contribution in [0.4, 0.5) is 0 Å². The van der Waals surface area contributed by atoms with Crippen molar-refractivity contribution >= 4 is 0 Å². The third-order valence-corrected chi connectivity index (χ3v) is 19.7. The third kappa shape index (κ3) is 25.2. The minimum absolute atomic E-state index is 0.0169. The van der Waals surface area contributed by atoms with E-state index in [-0.39, 0.29) is 49.7 Å². The van der Waals surface area contributed by atoms with Crippen molar-refractivity contribution in [3.05, 3.63) is 0 Å². The molecule has 8 fully saturated rings. The van der Waals surface area contributed by atoms with Crippen LogP contribution in [0.1, 0.15) is 109 Å². The standard InChI is InChI=1S/C17H36N4O6.3C16H34N4O6/c1-17(2,3)21-8-5-7(18)15(14(25)11(8)22)27-16-10(19)13(24)12(23)9(26-16)6-20-4;1-16(2,3)26-14-7(19)4-6(18)13(12(14)23)25-15-9(20)11(22)10(21)8(5-17)24-15;1-16(2,3)20-5-8-11(22)12(23)9(19)15(25-8)26-14-7(18)4-6(17)10(21)13(14)24;1-16(2,3)26-14-10(21)6(18)4-7(19)13(14)25-15-9(20)12(23)11(22)8(5-17)24-15/h7-16,20-25H,5-6,18-19H2,1-4H3;6-15,21-23H,4-5,17-20H2,1-3H3;6-15,20-24H,4-5,17-19H2,1-3H3;6-15,21-23H,4-5,17-20H2,1-3H3. The van der Waals surface area contributed by atoms with Crippen molar-refractivity contribution in [2.24, 2.45) is 74.5 Å². The van der Waals surface area contributed by atoms with Crippen LogP contribution in [0.3, 0.4) is 0 Å². The maximum atomic E-state index is 10.7. The first-order chi connectivity index (χ1) is 48.3. The Kier molecular flexibility index (Phi) is 35.3. The minimum Gasteiger partial charge on any atom is -0.389 e. The van der Waals surface area contributed by atoms with E-state index < -0.39 is 249 Å². The van der Waals surface area contributed by atoms with E-state index in [2.05, 4.69) is 16.0 Å². The van der Waals surface area contributed by atoms with E-state index in [0.29, 0.717) is 19.3 Å². The first kappa shape index (κ1) is 94.0. The van der Waals surface area contributed by atoms with E-state index in [9.17, 15) is 71.5 Å². The second-order valence-corrected chi connectivity index (χ2v) is 33.4. The molecule has 4 aliphatic carbocycles. The molecule has 4 saturated carbocycles. The van der Waals surface area contributed by atoms with Crippen LogP contribution in [0, 0.1) is 0 Å². The van der Waals surface area contributed by atoms with Gasteiger partial charge >= 0.3 is 0 Å². The zero-order chi connectivity index (χ0) is 79.9. The van der Waals surface area contributed by atoms with Gasteiger partial charge in [-0.2, -0.15) is 0 Å². The van der Waals surface area contributed by atoms with Gasteiger partial charge in [0, 0.05) is 85.6 Å². The van der Waals surface area contributed by atoms with E-state index in [1.807, 2.05) is 83.1 Å². The van der Waals surface area contributed by atoms with Crippen LogP contribution in [-0.4, -0.2) is 371 Å². The average molecular weight is 1530 g/mol. The number of likely N-dealkylation sites (N-methyl/N-ethyl adjacent to an activating group) is 1. The molecular formula is C65H138N16O24. The van der Waals surface area contributed by atoms with E-state index in [1.54, 1.807) is 7.05 Å². The summed E-state index contributed by atoms with van der Waals surface area (Å²) in [5.74, 6) is 0. The Morgan fingerprint density at radius 2 is 0.619 bits per heavy atom. The second-order valence-electron chi connectivity index (χ2n) is 33.4. The molecule has 4 saturated heterocycles. The van der Waals surface area contributed by atoms with Crippen molar-refractivity contribution < 1.29 is 119 Å². The minimum atomic E-state index is -1.31. The van der Waals surface area contributed by atoms with E-state index in [1.165, 1.54) is 0 Å². The van der Waals surface area contributed by atoms with Crippen molar-refractivity contribution in [3.63, 3.8) is 0 Å². The number of rotatable bonds is 17. The van der Waals surface area contributed by atoms with Crippen LogP contribution in [0.25, 0.3) is 0 Å². The Hall–Kier alpha value is -1.60. The van der Waals surface area contributed by atoms with Crippen molar-refractivity contribution in [2.45, 2.75) is 375 Å². The van der Waals surface area contributed by atoms with Gasteiger partial charge in [-0.15, -0.1) is 0 Å². The van der Waals surface area contributed by atoms with Gasteiger partial charge in [-0.3, -0.25) is 0 Å². The maximum absolute atomic E-state index is 10.7. The molecule has 105 heavy (non-hydrogen) atoms. The highest BCUT2D eigenvalue weighted by Crippen LogP contribution is 2.35. The molecule has 0 aromatic rings. The Morgan fingerprint density at radius 1 is 0.314 bits per heavy atom. The Morgan fingerprint density at radius 3 is 0.990 bits per heavy atom. The van der Waals surface area contributed by atoms with Crippen molar-refractivity contribution in [1.29, 1.82) is 0 Å². The van der Waals surface area contributed by atoms with Gasteiger partial charge in [0.05, 0.1) is 53.7 Å². The smallest absolute Gasteiger partial charge is 0.176 e. The Balaban J connectivity index is 0.000000251. The van der Waals surface area contributed by atoms with Crippen LogP contribution in [0.2, 0.25) is 0 Å². The van der Waals surface area contributed by atoms with Crippen LogP contribution in [0.15, 0.2) is 0 Å². The van der Waals surface area contributed by atoms with Crippen molar-refractivity contribution in [2.75, 3.05) is 33.2 Å². The fourth-order valence-electron chi connectivity index (χ4n) is 13.9. The highest BCUT2D eigenvalue weighted by molar-refractivity contribution is 5.06. The molecule has 40 unspecified atom stereocenters. The highest BCUT2D eigenvalue weighted by Gasteiger charge is 2.55. The van der Waals surface area contributed by atoms with Crippen molar-refractivity contribution in [3.8, 4) is 0 Å². The third-order valence-electron chi connectivity index (χ3n) is 19.7. The zero-order valence-corrected chi connectivity index (χ0v) is 63.1. The predicted molar refractivity (Wildman–Crippen MR) is 380 cm³/mol. The van der Waals surface area contributed by atoms with Crippen LogP contribution >= 0.6 is 0 Å². The summed E-state index contributed by atoms with van der Waals surface area (Å²) >= 11 is 0. The van der Waals surface area contributed by atoms with Gasteiger partial charge in [0.1, 0.15) is 128 Å². The Labute approximate surface area is 615 Å². The molecule has 8 aliphatic rings. The molecule has 0 bridgehead atoms. The van der Waals surface area contributed by atoms with Crippen LogP contribution < -0.4 is 90.5 Å². The fraction of sp³-hybridized carbons (Fsp3) is 1.00. The van der Waals surface area contributed by atoms with Crippen molar-refractivity contribution in [1.82, 2.24) is 16.0 Å². The number of aliphatic hydroxyl groups excluding tert-OH is 14. The quantitative estimate of drug-likeness (QED) is 0.0643. The molecule has 0 aromatic heterocycles. The molecule has 43 N–H and O–H groups in total. The summed E-state index contributed by atoms with van der Waals surface area (Å²) in [5.41, 5.74) is 75.7. The summed E-state index contributed by atoms with van der Waals surface area (Å²) in [6.45, 7) is 23.4. The number of hydrogen-bond donors (Lipinski definition) is 30. The van der Waals surface area contributed by atoms with Gasteiger partial charge in [0.2, 0.25) is 0 Å². The number of nitrogens with two attached hydrogens (primary N) is 13. The average Bonchev–Trinajstić information content (AvgIpc) is 0.801. The van der Waals surface area contributed by atoms with E-state index in [4.69, 9.17) is 122 Å². The normalized spacial score (nSPS) is 47.4. The topological polar surface area (TPSA) is 750 Å². The zero-order valence-electron chi connectivity index (χ0n) is 63.1. The largest absolute Gasteiger partial charge is 0.389 e. The monoisotopic (exact) mass is 1530 g/mol. The van der Waals surface area contributed by atoms with Gasteiger partial charge in [-0.05, 0) is 116 Å². The lowest BCUT2D eigenvalue weighted by molar-refractivity contribution is -0.296. The molecule has 4 aliphatic heterocycles. The first-order valence-corrected chi connectivity index (χ1v) is 36.3. The number of aliphatic hydroxyl groups is 14. The van der Waals surface area contributed by atoms with Crippen LogP contribution in [-0.2, 0) is 47.4 Å². The summed E-state index contributed by atoms with van der Waals surface area (Å²) in [5, 5.41) is 153. The maximum Gasteiger partial charge on any atom is 0.176 e. The molecule has 622 valence electrons. The summed E-state index contributed by atoms with van der Waals surface area (Å²) in [6, 6.07) is -8.46. The molecule has 0 amide bonds. The van der Waals surface area contributed by atoms with Gasteiger partial charge in [-0.1, -0.05) is 0 Å². The molecule has 4 heterocycles. The molecule has 0 aromatic carbocycles.